The van der Waals surface area contributed by atoms with Gasteiger partial charge >= 0.3 is 6.01 Å². The third-order valence-corrected chi connectivity index (χ3v) is 2.91. The lowest BCUT2D eigenvalue weighted by atomic mass is 10.1. The third-order valence-electron chi connectivity index (χ3n) is 2.91. The van der Waals surface area contributed by atoms with E-state index in [1.807, 2.05) is 12.1 Å². The van der Waals surface area contributed by atoms with Gasteiger partial charge in [0.1, 0.15) is 11.4 Å². The van der Waals surface area contributed by atoms with Gasteiger partial charge in [-0.1, -0.05) is 12.1 Å². The molecule has 1 aromatic carbocycles. The molecule has 0 saturated carbocycles. The molecule has 0 aliphatic heterocycles. The van der Waals surface area contributed by atoms with Crippen LogP contribution in [-0.2, 0) is 11.2 Å². The highest BCUT2D eigenvalue weighted by molar-refractivity contribution is 5.93. The van der Waals surface area contributed by atoms with Gasteiger partial charge in [0, 0.05) is 0 Å². The zero-order valence-corrected chi connectivity index (χ0v) is 12.6. The first-order valence-corrected chi connectivity index (χ1v) is 6.54. The van der Waals surface area contributed by atoms with Crippen molar-refractivity contribution < 1.29 is 19.0 Å². The average Bonchev–Trinajstić information content (AvgIpc) is 2.55. The van der Waals surface area contributed by atoms with Crippen LogP contribution in [0.1, 0.15) is 5.56 Å². The molecule has 1 aromatic heterocycles. The molecular weight excluding hydrogens is 286 g/mol. The van der Waals surface area contributed by atoms with E-state index in [1.165, 1.54) is 20.4 Å². The van der Waals surface area contributed by atoms with Gasteiger partial charge in [-0.15, -0.1) is 0 Å². The molecule has 0 atom stereocenters. The summed E-state index contributed by atoms with van der Waals surface area (Å²) in [6, 6.07) is 7.45. The zero-order chi connectivity index (χ0) is 15.9. The van der Waals surface area contributed by atoms with Crippen LogP contribution >= 0.6 is 0 Å². The topological polar surface area (TPSA) is 82.6 Å². The van der Waals surface area contributed by atoms with Gasteiger partial charge in [-0.3, -0.25) is 4.79 Å². The molecule has 22 heavy (non-hydrogen) atoms. The predicted molar refractivity (Wildman–Crippen MR) is 80.5 cm³/mol. The van der Waals surface area contributed by atoms with E-state index in [4.69, 9.17) is 14.2 Å². The average molecular weight is 303 g/mol. The van der Waals surface area contributed by atoms with Crippen LogP contribution in [0.4, 0.5) is 5.69 Å². The predicted octanol–water partition coefficient (Wildman–Crippen LogP) is 1.68. The second-order valence-corrected chi connectivity index (χ2v) is 4.35. The summed E-state index contributed by atoms with van der Waals surface area (Å²) in [5.41, 5.74) is 1.26. The molecule has 0 bridgehead atoms. The number of benzene rings is 1. The van der Waals surface area contributed by atoms with Crippen LogP contribution < -0.4 is 19.5 Å². The molecule has 1 heterocycles. The molecule has 1 amide bonds. The van der Waals surface area contributed by atoms with Crippen molar-refractivity contribution in [2.45, 2.75) is 6.42 Å². The van der Waals surface area contributed by atoms with Crippen LogP contribution in [0.5, 0.6) is 17.6 Å². The molecule has 0 aliphatic carbocycles. The molecule has 2 rings (SSSR count). The van der Waals surface area contributed by atoms with Crippen LogP contribution in [0.3, 0.4) is 0 Å². The van der Waals surface area contributed by atoms with Crippen LogP contribution in [0, 0.1) is 0 Å². The Hall–Kier alpha value is -2.83. The molecule has 116 valence electrons. The molecule has 2 aromatic rings. The highest BCUT2D eigenvalue weighted by Crippen LogP contribution is 2.22. The lowest BCUT2D eigenvalue weighted by Crippen LogP contribution is -2.15. The number of rotatable bonds is 6. The molecule has 0 radical (unpaired) electrons. The van der Waals surface area contributed by atoms with E-state index in [9.17, 15) is 4.79 Å². The maximum Gasteiger partial charge on any atom is 0.319 e. The highest BCUT2D eigenvalue weighted by Gasteiger charge is 2.12. The minimum absolute atomic E-state index is 0.171. The number of aromatic nitrogens is 2. The second kappa shape index (κ2) is 7.26. The standard InChI is InChI=1S/C15H17N3O4/c1-20-11-6-4-10(5-7-11)8-13(19)17-12-9-16-15(22-3)18-14(12)21-2/h4-7,9H,8H2,1-3H3,(H,17,19). The zero-order valence-electron chi connectivity index (χ0n) is 12.6. The molecule has 0 aliphatic rings. The van der Waals surface area contributed by atoms with E-state index >= 15 is 0 Å². The van der Waals surface area contributed by atoms with Crippen molar-refractivity contribution in [3.05, 3.63) is 36.0 Å². The fourth-order valence-electron chi connectivity index (χ4n) is 1.81. The monoisotopic (exact) mass is 303 g/mol. The Morgan fingerprint density at radius 2 is 1.82 bits per heavy atom. The third kappa shape index (κ3) is 3.85. The van der Waals surface area contributed by atoms with Crippen molar-refractivity contribution in [3.63, 3.8) is 0 Å². The Morgan fingerprint density at radius 1 is 1.09 bits per heavy atom. The van der Waals surface area contributed by atoms with Crippen LogP contribution in [0.15, 0.2) is 30.5 Å². The SMILES string of the molecule is COc1ccc(CC(=O)Nc2cnc(OC)nc2OC)cc1. The number of carbonyl (C=O) groups excluding carboxylic acids is 1. The Balaban J connectivity index is 2.04. The molecule has 1 N–H and O–H groups in total. The van der Waals surface area contributed by atoms with E-state index < -0.39 is 0 Å². The summed E-state index contributed by atoms with van der Waals surface area (Å²) in [6.07, 6.45) is 1.66. The van der Waals surface area contributed by atoms with E-state index in [-0.39, 0.29) is 24.2 Å². The van der Waals surface area contributed by atoms with E-state index in [1.54, 1.807) is 19.2 Å². The molecule has 0 fully saturated rings. The largest absolute Gasteiger partial charge is 0.497 e. The summed E-state index contributed by atoms with van der Waals surface area (Å²) in [5, 5.41) is 2.71. The fourth-order valence-corrected chi connectivity index (χ4v) is 1.81. The van der Waals surface area contributed by atoms with E-state index in [0.29, 0.717) is 5.69 Å². The Kier molecular flexibility index (Phi) is 5.13. The number of nitrogens with zero attached hydrogens (tertiary/aromatic N) is 2. The van der Waals surface area contributed by atoms with Crippen molar-refractivity contribution in [3.8, 4) is 17.6 Å². The normalized spacial score (nSPS) is 9.95. The highest BCUT2D eigenvalue weighted by atomic mass is 16.5. The molecule has 0 saturated heterocycles. The minimum Gasteiger partial charge on any atom is -0.497 e. The number of amides is 1. The fraction of sp³-hybridized carbons (Fsp3) is 0.267. The second-order valence-electron chi connectivity index (χ2n) is 4.35. The first-order chi connectivity index (χ1) is 10.7. The van der Waals surface area contributed by atoms with Gasteiger partial charge in [0.25, 0.3) is 0 Å². The van der Waals surface area contributed by atoms with Gasteiger partial charge in [-0.25, -0.2) is 4.98 Å². The summed E-state index contributed by atoms with van der Waals surface area (Å²) in [4.78, 5) is 20.0. The van der Waals surface area contributed by atoms with Crippen LogP contribution in [0.2, 0.25) is 0 Å². The van der Waals surface area contributed by atoms with Gasteiger partial charge in [-0.2, -0.15) is 4.98 Å². The number of hydrogen-bond acceptors (Lipinski definition) is 6. The van der Waals surface area contributed by atoms with Crippen molar-refractivity contribution in [2.75, 3.05) is 26.6 Å². The van der Waals surface area contributed by atoms with Crippen molar-refractivity contribution in [1.29, 1.82) is 0 Å². The Bertz CT molecular complexity index is 644. The van der Waals surface area contributed by atoms with E-state index in [0.717, 1.165) is 11.3 Å². The number of nitrogens with one attached hydrogen (secondary N) is 1. The Labute approximate surface area is 128 Å². The summed E-state index contributed by atoms with van der Waals surface area (Å²) >= 11 is 0. The number of ether oxygens (including phenoxy) is 3. The molecule has 0 spiro atoms. The lowest BCUT2D eigenvalue weighted by molar-refractivity contribution is -0.115. The Morgan fingerprint density at radius 3 is 2.41 bits per heavy atom. The van der Waals surface area contributed by atoms with Crippen LogP contribution in [-0.4, -0.2) is 37.2 Å². The quantitative estimate of drug-likeness (QED) is 0.874. The van der Waals surface area contributed by atoms with Crippen molar-refractivity contribution in [1.82, 2.24) is 9.97 Å². The minimum atomic E-state index is -0.197. The van der Waals surface area contributed by atoms with E-state index in [2.05, 4.69) is 15.3 Å². The van der Waals surface area contributed by atoms with Crippen LogP contribution in [0.25, 0.3) is 0 Å². The number of carbonyl (C=O) groups is 1. The number of methoxy groups -OCH3 is 3. The van der Waals surface area contributed by atoms with Gasteiger partial charge in [0.15, 0.2) is 0 Å². The molecule has 0 unspecified atom stereocenters. The lowest BCUT2D eigenvalue weighted by Gasteiger charge is -2.10. The summed E-state index contributed by atoms with van der Waals surface area (Å²) in [5.74, 6) is 0.793. The van der Waals surface area contributed by atoms with Crippen molar-refractivity contribution >= 4 is 11.6 Å². The molecular formula is C15H17N3O4. The van der Waals surface area contributed by atoms with Gasteiger partial charge in [-0.05, 0) is 17.7 Å². The number of hydrogen-bond donors (Lipinski definition) is 1. The first-order valence-electron chi connectivity index (χ1n) is 6.54. The molecule has 7 heteroatoms. The van der Waals surface area contributed by atoms with Crippen molar-refractivity contribution in [2.24, 2.45) is 0 Å². The summed E-state index contributed by atoms with van der Waals surface area (Å²) < 4.78 is 15.1. The van der Waals surface area contributed by atoms with Gasteiger partial charge in [0.2, 0.25) is 11.8 Å². The molecule has 7 nitrogen and oxygen atoms in total. The summed E-state index contributed by atoms with van der Waals surface area (Å²) in [6.45, 7) is 0. The van der Waals surface area contributed by atoms with Gasteiger partial charge in [0.05, 0.1) is 33.9 Å². The first kappa shape index (κ1) is 15.6. The smallest absolute Gasteiger partial charge is 0.319 e. The maximum absolute atomic E-state index is 12.1. The summed E-state index contributed by atoms with van der Waals surface area (Å²) in [7, 11) is 4.51. The number of anilines is 1. The van der Waals surface area contributed by atoms with Gasteiger partial charge < -0.3 is 19.5 Å². The maximum atomic E-state index is 12.1.